The molecule has 1 atom stereocenters. The lowest BCUT2D eigenvalue weighted by molar-refractivity contribution is 0.192. The lowest BCUT2D eigenvalue weighted by atomic mass is 9.93. The first kappa shape index (κ1) is 21.9. The van der Waals surface area contributed by atoms with Gasteiger partial charge in [0.15, 0.2) is 0 Å². The minimum Gasteiger partial charge on any atom is -0.324 e. The van der Waals surface area contributed by atoms with Crippen molar-refractivity contribution in [3.05, 3.63) is 78.1 Å². The Hall–Kier alpha value is -2.92. The first-order chi connectivity index (χ1) is 16.2. The normalized spacial score (nSPS) is 19.2. The van der Waals surface area contributed by atoms with Crippen molar-refractivity contribution < 1.29 is 9.18 Å². The van der Waals surface area contributed by atoms with Crippen LogP contribution in [0.5, 0.6) is 0 Å². The van der Waals surface area contributed by atoms with Crippen LogP contribution in [0.2, 0.25) is 0 Å². The number of carbonyl (C=O) groups is 1. The van der Waals surface area contributed by atoms with Crippen molar-refractivity contribution in [2.45, 2.75) is 31.6 Å². The molecule has 1 unspecified atom stereocenters. The van der Waals surface area contributed by atoms with Crippen molar-refractivity contribution in [2.75, 3.05) is 44.2 Å². The Morgan fingerprint density at radius 3 is 2.48 bits per heavy atom. The highest BCUT2D eigenvalue weighted by molar-refractivity contribution is 5.92. The van der Waals surface area contributed by atoms with Crippen molar-refractivity contribution in [1.82, 2.24) is 9.80 Å². The van der Waals surface area contributed by atoms with Crippen LogP contribution in [0.3, 0.4) is 0 Å². The van der Waals surface area contributed by atoms with Crippen LogP contribution in [0.25, 0.3) is 10.8 Å². The number of fused-ring (bicyclic) bond motifs is 1. The predicted octanol–water partition coefficient (Wildman–Crippen LogP) is 5.88. The first-order valence-electron chi connectivity index (χ1n) is 12.2. The maximum Gasteiger partial charge on any atom is 0.324 e. The second-order valence-electron chi connectivity index (χ2n) is 9.31. The largest absolute Gasteiger partial charge is 0.324 e. The van der Waals surface area contributed by atoms with Gasteiger partial charge in [-0.3, -0.25) is 4.90 Å². The Kier molecular flexibility index (Phi) is 6.58. The zero-order chi connectivity index (χ0) is 22.6. The number of anilines is 1. The average molecular weight is 446 g/mol. The monoisotopic (exact) mass is 445 g/mol. The van der Waals surface area contributed by atoms with Crippen molar-refractivity contribution >= 4 is 22.5 Å². The van der Waals surface area contributed by atoms with Gasteiger partial charge in [0.05, 0.1) is 0 Å². The molecule has 0 aromatic heterocycles. The summed E-state index contributed by atoms with van der Waals surface area (Å²) in [5, 5.41) is 2.64. The number of halogens is 1. The molecule has 0 bridgehead atoms. The summed E-state index contributed by atoms with van der Waals surface area (Å²) in [4.78, 5) is 19.6. The smallest absolute Gasteiger partial charge is 0.324 e. The molecule has 172 valence electrons. The van der Waals surface area contributed by atoms with Crippen molar-refractivity contribution in [3.8, 4) is 0 Å². The van der Waals surface area contributed by atoms with Crippen LogP contribution in [0.1, 0.15) is 37.2 Å². The van der Waals surface area contributed by atoms with Gasteiger partial charge in [-0.1, -0.05) is 42.5 Å². The third-order valence-corrected chi connectivity index (χ3v) is 7.17. The van der Waals surface area contributed by atoms with E-state index in [0.29, 0.717) is 12.5 Å². The fraction of sp³-hybridized carbons (Fsp3) is 0.393. The van der Waals surface area contributed by atoms with Gasteiger partial charge in [0.1, 0.15) is 5.82 Å². The number of hydrogen-bond acceptors (Lipinski definition) is 2. The van der Waals surface area contributed by atoms with E-state index in [1.165, 1.54) is 34.9 Å². The first-order valence-corrected chi connectivity index (χ1v) is 12.2. The van der Waals surface area contributed by atoms with E-state index in [-0.39, 0.29) is 11.8 Å². The summed E-state index contributed by atoms with van der Waals surface area (Å²) >= 11 is 0. The molecular weight excluding hydrogens is 413 g/mol. The van der Waals surface area contributed by atoms with Crippen molar-refractivity contribution in [2.24, 2.45) is 0 Å². The number of nitrogens with zero attached hydrogens (tertiary/aromatic N) is 3. The van der Waals surface area contributed by atoms with E-state index in [1.54, 1.807) is 12.1 Å². The SMILES string of the molecule is O=C(N1CCCCC1)N(CCN1CCC(c2cccc3ccccc23)C1)c1ccc(F)cc1. The van der Waals surface area contributed by atoms with Crippen LogP contribution >= 0.6 is 0 Å². The molecule has 0 spiro atoms. The molecule has 3 aromatic rings. The van der Waals surface area contributed by atoms with Gasteiger partial charge >= 0.3 is 6.03 Å². The summed E-state index contributed by atoms with van der Waals surface area (Å²) in [5.74, 6) is 0.231. The Bertz CT molecular complexity index is 1090. The van der Waals surface area contributed by atoms with Gasteiger partial charge in [-0.25, -0.2) is 9.18 Å². The third kappa shape index (κ3) is 4.88. The van der Waals surface area contributed by atoms with E-state index in [9.17, 15) is 9.18 Å². The van der Waals surface area contributed by atoms with Crippen LogP contribution in [-0.2, 0) is 0 Å². The molecule has 2 heterocycles. The quantitative estimate of drug-likeness (QED) is 0.490. The zero-order valence-electron chi connectivity index (χ0n) is 19.1. The second kappa shape index (κ2) is 9.92. The molecule has 4 nitrogen and oxygen atoms in total. The molecule has 3 aromatic carbocycles. The molecule has 0 N–H and O–H groups in total. The van der Waals surface area contributed by atoms with E-state index in [2.05, 4.69) is 47.4 Å². The Morgan fingerprint density at radius 1 is 0.909 bits per heavy atom. The summed E-state index contributed by atoms with van der Waals surface area (Å²) in [6, 6.07) is 21.6. The minimum absolute atomic E-state index is 0.0473. The number of benzene rings is 3. The zero-order valence-corrected chi connectivity index (χ0v) is 19.1. The van der Waals surface area contributed by atoms with Gasteiger partial charge in [0, 0.05) is 38.4 Å². The van der Waals surface area contributed by atoms with Crippen LogP contribution in [-0.4, -0.2) is 55.1 Å². The number of urea groups is 1. The number of amides is 2. The highest BCUT2D eigenvalue weighted by Gasteiger charge is 2.28. The van der Waals surface area contributed by atoms with Crippen LogP contribution in [0, 0.1) is 5.82 Å². The van der Waals surface area contributed by atoms with Gasteiger partial charge in [-0.15, -0.1) is 0 Å². The Morgan fingerprint density at radius 2 is 1.67 bits per heavy atom. The molecule has 2 saturated heterocycles. The molecular formula is C28H32FN3O. The fourth-order valence-electron chi connectivity index (χ4n) is 5.35. The molecule has 2 fully saturated rings. The van der Waals surface area contributed by atoms with Gasteiger partial charge < -0.3 is 9.80 Å². The molecule has 2 aliphatic heterocycles. The summed E-state index contributed by atoms with van der Waals surface area (Å²) in [7, 11) is 0. The van der Waals surface area contributed by atoms with E-state index < -0.39 is 0 Å². The number of carbonyl (C=O) groups excluding carboxylic acids is 1. The topological polar surface area (TPSA) is 26.8 Å². The maximum absolute atomic E-state index is 13.5. The lowest BCUT2D eigenvalue weighted by Crippen LogP contribution is -2.48. The highest BCUT2D eigenvalue weighted by atomic mass is 19.1. The summed E-state index contributed by atoms with van der Waals surface area (Å²) < 4.78 is 13.5. The number of likely N-dealkylation sites (tertiary alicyclic amines) is 2. The molecule has 33 heavy (non-hydrogen) atoms. The van der Waals surface area contributed by atoms with E-state index >= 15 is 0 Å². The molecule has 5 rings (SSSR count). The lowest BCUT2D eigenvalue weighted by Gasteiger charge is -2.34. The standard InChI is InChI=1S/C28H32FN3O/c29-24-11-13-25(14-12-24)32(28(33)31-16-4-1-5-17-31)20-19-30-18-15-23(21-30)27-10-6-8-22-7-2-3-9-26(22)27/h2-3,6-14,23H,1,4-5,15-21H2. The van der Waals surface area contributed by atoms with Crippen LogP contribution in [0.15, 0.2) is 66.7 Å². The van der Waals surface area contributed by atoms with Crippen LogP contribution < -0.4 is 4.90 Å². The summed E-state index contributed by atoms with van der Waals surface area (Å²) in [6.07, 6.45) is 4.43. The van der Waals surface area contributed by atoms with E-state index in [4.69, 9.17) is 0 Å². The average Bonchev–Trinajstić information content (AvgIpc) is 3.34. The number of piperidine rings is 1. The number of rotatable bonds is 5. The van der Waals surface area contributed by atoms with Crippen molar-refractivity contribution in [3.63, 3.8) is 0 Å². The molecule has 2 aliphatic rings. The molecule has 5 heteroatoms. The highest BCUT2D eigenvalue weighted by Crippen LogP contribution is 2.32. The van der Waals surface area contributed by atoms with Gasteiger partial charge in [0.25, 0.3) is 0 Å². The molecule has 0 aliphatic carbocycles. The Labute approximate surface area is 195 Å². The summed E-state index contributed by atoms with van der Waals surface area (Å²) in [6.45, 7) is 5.08. The Balaban J connectivity index is 1.28. The van der Waals surface area contributed by atoms with Crippen LogP contribution in [0.4, 0.5) is 14.9 Å². The molecule has 0 saturated carbocycles. The van der Waals surface area contributed by atoms with Gasteiger partial charge in [-0.05, 0) is 78.7 Å². The third-order valence-electron chi connectivity index (χ3n) is 7.17. The second-order valence-corrected chi connectivity index (χ2v) is 9.31. The minimum atomic E-state index is -0.276. The molecule has 2 amide bonds. The predicted molar refractivity (Wildman–Crippen MR) is 132 cm³/mol. The van der Waals surface area contributed by atoms with Gasteiger partial charge in [0.2, 0.25) is 0 Å². The summed E-state index contributed by atoms with van der Waals surface area (Å²) in [5.41, 5.74) is 2.20. The van der Waals surface area contributed by atoms with Gasteiger partial charge in [-0.2, -0.15) is 0 Å². The molecule has 0 radical (unpaired) electrons. The van der Waals surface area contributed by atoms with E-state index in [0.717, 1.165) is 57.7 Å². The fourth-order valence-corrected chi connectivity index (χ4v) is 5.35. The number of hydrogen-bond donors (Lipinski definition) is 0. The van der Waals surface area contributed by atoms with Crippen molar-refractivity contribution in [1.29, 1.82) is 0 Å². The maximum atomic E-state index is 13.5. The van der Waals surface area contributed by atoms with E-state index in [1.807, 2.05) is 9.80 Å².